The second kappa shape index (κ2) is 7.98. The molecule has 0 radical (unpaired) electrons. The Bertz CT molecular complexity index is 1090. The van der Waals surface area contributed by atoms with Gasteiger partial charge in [0.15, 0.2) is 0 Å². The number of carbonyl (C=O) groups excluding carboxylic acids is 1. The van der Waals surface area contributed by atoms with Crippen molar-refractivity contribution >= 4 is 22.8 Å². The zero-order chi connectivity index (χ0) is 21.3. The van der Waals surface area contributed by atoms with Crippen molar-refractivity contribution in [1.29, 1.82) is 0 Å². The molecule has 30 heavy (non-hydrogen) atoms. The van der Waals surface area contributed by atoms with Crippen molar-refractivity contribution in [2.75, 3.05) is 6.54 Å². The summed E-state index contributed by atoms with van der Waals surface area (Å²) in [5.41, 5.74) is 3.78. The Kier molecular flexibility index (Phi) is 5.37. The highest BCUT2D eigenvalue weighted by Crippen LogP contribution is 2.41. The number of benzene rings is 2. The number of carboxylic acid groups (broad SMARTS) is 1. The Labute approximate surface area is 176 Å². The lowest BCUT2D eigenvalue weighted by atomic mass is 9.73. The Morgan fingerprint density at radius 3 is 2.50 bits per heavy atom. The average Bonchev–Trinajstić information content (AvgIpc) is 3.04. The van der Waals surface area contributed by atoms with Gasteiger partial charge in [-0.05, 0) is 43.4 Å². The van der Waals surface area contributed by atoms with Crippen LogP contribution < -0.4 is 0 Å². The average molecular weight is 405 g/mol. The molecule has 1 unspecified atom stereocenters. The summed E-state index contributed by atoms with van der Waals surface area (Å²) >= 11 is 0. The van der Waals surface area contributed by atoms with E-state index in [2.05, 4.69) is 19.1 Å². The minimum atomic E-state index is -0.844. The molecule has 5 nitrogen and oxygen atoms in total. The highest BCUT2D eigenvalue weighted by Gasteiger charge is 2.41. The second-order valence-corrected chi connectivity index (χ2v) is 8.46. The van der Waals surface area contributed by atoms with Crippen LogP contribution in [0.25, 0.3) is 10.9 Å². The maximum atomic E-state index is 13.6. The number of rotatable bonds is 6. The fraction of sp³-hybridized carbons (Fsp3) is 0.360. The first-order valence-electron chi connectivity index (χ1n) is 10.6. The molecule has 1 amide bonds. The minimum Gasteiger partial charge on any atom is -0.480 e. The summed E-state index contributed by atoms with van der Waals surface area (Å²) in [6.45, 7) is 5.32. The van der Waals surface area contributed by atoms with Gasteiger partial charge < -0.3 is 14.6 Å². The maximum Gasteiger partial charge on any atom is 0.323 e. The van der Waals surface area contributed by atoms with Crippen LogP contribution in [-0.2, 0) is 35.5 Å². The largest absolute Gasteiger partial charge is 0.480 e. The first-order valence-corrected chi connectivity index (χ1v) is 10.6. The van der Waals surface area contributed by atoms with E-state index in [0.717, 1.165) is 34.1 Å². The molecule has 1 heterocycles. The maximum absolute atomic E-state index is 13.6. The minimum absolute atomic E-state index is 0.0460. The molecule has 1 N–H and O–H groups in total. The highest BCUT2D eigenvalue weighted by atomic mass is 16.4. The Balaban J connectivity index is 1.67. The van der Waals surface area contributed by atoms with Crippen molar-refractivity contribution in [2.24, 2.45) is 5.41 Å². The van der Waals surface area contributed by atoms with E-state index in [1.165, 1.54) is 0 Å². The normalized spacial score (nSPS) is 18.2. The van der Waals surface area contributed by atoms with Gasteiger partial charge in [0.2, 0.25) is 5.91 Å². The first kappa shape index (κ1) is 20.2. The van der Waals surface area contributed by atoms with E-state index < -0.39 is 11.4 Å². The zero-order valence-electron chi connectivity index (χ0n) is 17.6. The van der Waals surface area contributed by atoms with Crippen LogP contribution in [0, 0.1) is 5.41 Å². The molecule has 1 aliphatic rings. The standard InChI is InChI=1S/C25H28N2O3/c1-3-26(16-18-9-5-4-6-10-18)24(30)25(2)14-13-22-20(15-25)19-11-7-8-12-21(19)27(22)17-23(28)29/h4-12H,3,13-17H2,1-2H3,(H,28,29). The predicted molar refractivity (Wildman–Crippen MR) is 117 cm³/mol. The van der Waals surface area contributed by atoms with Crippen molar-refractivity contribution in [3.05, 3.63) is 71.4 Å². The van der Waals surface area contributed by atoms with Crippen LogP contribution in [0.1, 0.15) is 37.1 Å². The predicted octanol–water partition coefficient (Wildman–Crippen LogP) is 4.27. The van der Waals surface area contributed by atoms with Gasteiger partial charge in [0, 0.05) is 29.7 Å². The van der Waals surface area contributed by atoms with E-state index >= 15 is 0 Å². The molecule has 0 fully saturated rings. The van der Waals surface area contributed by atoms with Crippen molar-refractivity contribution in [3.63, 3.8) is 0 Å². The fourth-order valence-electron chi connectivity index (χ4n) is 4.80. The lowest BCUT2D eigenvalue weighted by molar-refractivity contribution is -0.142. The van der Waals surface area contributed by atoms with Crippen molar-refractivity contribution in [3.8, 4) is 0 Å². The fourth-order valence-corrected chi connectivity index (χ4v) is 4.80. The third kappa shape index (κ3) is 3.60. The van der Waals surface area contributed by atoms with Gasteiger partial charge in [-0.15, -0.1) is 0 Å². The molecule has 0 spiro atoms. The molecule has 4 rings (SSSR count). The van der Waals surface area contributed by atoms with Crippen LogP contribution in [0.2, 0.25) is 0 Å². The van der Waals surface area contributed by atoms with E-state index in [4.69, 9.17) is 0 Å². The Morgan fingerprint density at radius 2 is 1.80 bits per heavy atom. The zero-order valence-corrected chi connectivity index (χ0v) is 17.6. The van der Waals surface area contributed by atoms with E-state index in [1.54, 1.807) is 0 Å². The second-order valence-electron chi connectivity index (χ2n) is 8.46. The van der Waals surface area contributed by atoms with Crippen LogP contribution >= 0.6 is 0 Å². The van der Waals surface area contributed by atoms with Gasteiger partial charge >= 0.3 is 5.97 Å². The van der Waals surface area contributed by atoms with Gasteiger partial charge in [-0.3, -0.25) is 9.59 Å². The number of aliphatic carboxylic acids is 1. The van der Waals surface area contributed by atoms with Crippen LogP contribution in [0.3, 0.4) is 0 Å². The van der Waals surface area contributed by atoms with Crippen molar-refractivity contribution < 1.29 is 14.7 Å². The molecule has 1 aliphatic carbocycles. The number of carbonyl (C=O) groups is 2. The summed E-state index contributed by atoms with van der Waals surface area (Å²) in [7, 11) is 0. The third-order valence-electron chi connectivity index (χ3n) is 6.37. The molecule has 156 valence electrons. The van der Waals surface area contributed by atoms with Gasteiger partial charge in [-0.1, -0.05) is 55.5 Å². The molecule has 0 aliphatic heterocycles. The highest BCUT2D eigenvalue weighted by molar-refractivity contribution is 5.89. The SMILES string of the molecule is CCN(Cc1ccccc1)C(=O)C1(C)CCc2c(c3ccccc3n2CC(=O)O)C1. The Hall–Kier alpha value is -3.08. The summed E-state index contributed by atoms with van der Waals surface area (Å²) in [4.78, 5) is 27.0. The summed E-state index contributed by atoms with van der Waals surface area (Å²) in [6, 6.07) is 18.0. The number of amides is 1. The lowest BCUT2D eigenvalue weighted by Gasteiger charge is -2.37. The number of aromatic nitrogens is 1. The Morgan fingerprint density at radius 1 is 1.10 bits per heavy atom. The monoisotopic (exact) mass is 404 g/mol. The van der Waals surface area contributed by atoms with Gasteiger partial charge in [0.1, 0.15) is 6.54 Å². The summed E-state index contributed by atoms with van der Waals surface area (Å²) in [5, 5.41) is 10.5. The number of carboxylic acids is 1. The summed E-state index contributed by atoms with van der Waals surface area (Å²) in [5.74, 6) is -0.669. The number of hydrogen-bond donors (Lipinski definition) is 1. The van der Waals surface area contributed by atoms with Crippen LogP contribution in [-0.4, -0.2) is 33.0 Å². The van der Waals surface area contributed by atoms with Gasteiger partial charge in [-0.2, -0.15) is 0 Å². The van der Waals surface area contributed by atoms with E-state index in [-0.39, 0.29) is 12.5 Å². The molecule has 0 bridgehead atoms. The quantitative estimate of drug-likeness (QED) is 0.667. The summed E-state index contributed by atoms with van der Waals surface area (Å²) in [6.07, 6.45) is 2.07. The number of para-hydroxylation sites is 1. The summed E-state index contributed by atoms with van der Waals surface area (Å²) < 4.78 is 1.92. The van der Waals surface area contributed by atoms with Crippen LogP contribution in [0.15, 0.2) is 54.6 Å². The van der Waals surface area contributed by atoms with Crippen LogP contribution in [0.4, 0.5) is 0 Å². The molecular formula is C25H28N2O3. The van der Waals surface area contributed by atoms with Crippen molar-refractivity contribution in [1.82, 2.24) is 9.47 Å². The van der Waals surface area contributed by atoms with Gasteiger partial charge in [-0.25, -0.2) is 0 Å². The topological polar surface area (TPSA) is 62.5 Å². The number of fused-ring (bicyclic) bond motifs is 3. The van der Waals surface area contributed by atoms with E-state index in [0.29, 0.717) is 25.9 Å². The van der Waals surface area contributed by atoms with E-state index in [1.807, 2.05) is 58.9 Å². The van der Waals surface area contributed by atoms with Crippen molar-refractivity contribution in [2.45, 2.75) is 46.2 Å². The number of hydrogen-bond acceptors (Lipinski definition) is 2. The molecule has 2 aromatic carbocycles. The number of nitrogens with zero attached hydrogens (tertiary/aromatic N) is 2. The van der Waals surface area contributed by atoms with Gasteiger partial charge in [0.25, 0.3) is 0 Å². The molecular weight excluding hydrogens is 376 g/mol. The van der Waals surface area contributed by atoms with Gasteiger partial charge in [0.05, 0.1) is 5.41 Å². The molecule has 1 atom stereocenters. The third-order valence-corrected chi connectivity index (χ3v) is 6.37. The molecule has 1 aromatic heterocycles. The molecule has 0 saturated carbocycles. The lowest BCUT2D eigenvalue weighted by Crippen LogP contribution is -2.45. The molecule has 5 heteroatoms. The van der Waals surface area contributed by atoms with Crippen LogP contribution in [0.5, 0.6) is 0 Å². The van der Waals surface area contributed by atoms with E-state index in [9.17, 15) is 14.7 Å². The smallest absolute Gasteiger partial charge is 0.323 e. The molecule has 0 saturated heterocycles. The molecule has 3 aromatic rings. The first-order chi connectivity index (χ1) is 14.4.